The number of hydrogen-bond donors (Lipinski definition) is 1. The van der Waals surface area contributed by atoms with E-state index in [0.717, 1.165) is 25.6 Å². The first-order chi connectivity index (χ1) is 9.11. The lowest BCUT2D eigenvalue weighted by Gasteiger charge is -2.39. The number of nitrogens with two attached hydrogens (primary N) is 1. The summed E-state index contributed by atoms with van der Waals surface area (Å²) >= 11 is 1.85. The summed E-state index contributed by atoms with van der Waals surface area (Å²) < 4.78 is 0. The molecule has 4 heteroatoms. The zero-order valence-electron chi connectivity index (χ0n) is 12.4. The molecule has 1 fully saturated rings. The zero-order chi connectivity index (χ0) is 13.8. The van der Waals surface area contributed by atoms with Gasteiger partial charge in [-0.2, -0.15) is 0 Å². The van der Waals surface area contributed by atoms with Gasteiger partial charge in [-0.3, -0.25) is 4.90 Å². The molecule has 0 amide bonds. The van der Waals surface area contributed by atoms with Crippen molar-refractivity contribution in [2.75, 3.05) is 39.3 Å². The Morgan fingerprint density at radius 1 is 1.26 bits per heavy atom. The SMILES string of the molecule is Cc1ccsc1C(CN)N1CCN(CC(C)C)CC1. The van der Waals surface area contributed by atoms with E-state index >= 15 is 0 Å². The van der Waals surface area contributed by atoms with Crippen LogP contribution in [0.25, 0.3) is 0 Å². The minimum Gasteiger partial charge on any atom is -0.329 e. The molecule has 0 spiro atoms. The molecule has 1 aliphatic heterocycles. The molecule has 2 N–H and O–H groups in total. The van der Waals surface area contributed by atoms with Crippen LogP contribution >= 0.6 is 11.3 Å². The second-order valence-electron chi connectivity index (χ2n) is 5.95. The number of thiophene rings is 1. The van der Waals surface area contributed by atoms with E-state index in [0.29, 0.717) is 6.04 Å². The molecule has 1 unspecified atom stereocenters. The molecule has 19 heavy (non-hydrogen) atoms. The average molecular weight is 281 g/mol. The Morgan fingerprint density at radius 3 is 2.42 bits per heavy atom. The molecule has 0 radical (unpaired) electrons. The van der Waals surface area contributed by atoms with Crippen molar-refractivity contribution in [1.29, 1.82) is 0 Å². The fourth-order valence-electron chi connectivity index (χ4n) is 2.92. The third kappa shape index (κ3) is 3.78. The summed E-state index contributed by atoms with van der Waals surface area (Å²) in [5, 5.41) is 2.18. The fraction of sp³-hybridized carbons (Fsp3) is 0.733. The number of piperazine rings is 1. The third-order valence-electron chi connectivity index (χ3n) is 3.90. The molecule has 2 heterocycles. The molecule has 2 rings (SSSR count). The quantitative estimate of drug-likeness (QED) is 0.899. The first-order valence-electron chi connectivity index (χ1n) is 7.32. The van der Waals surface area contributed by atoms with Gasteiger partial charge in [0.2, 0.25) is 0 Å². The molecule has 1 aliphatic rings. The van der Waals surface area contributed by atoms with E-state index in [9.17, 15) is 0 Å². The monoisotopic (exact) mass is 281 g/mol. The maximum atomic E-state index is 6.03. The van der Waals surface area contributed by atoms with Gasteiger partial charge in [-0.1, -0.05) is 13.8 Å². The van der Waals surface area contributed by atoms with Crippen molar-refractivity contribution in [1.82, 2.24) is 9.80 Å². The van der Waals surface area contributed by atoms with Crippen LogP contribution in [-0.4, -0.2) is 49.1 Å². The third-order valence-corrected chi connectivity index (χ3v) is 5.02. The zero-order valence-corrected chi connectivity index (χ0v) is 13.2. The van der Waals surface area contributed by atoms with Crippen molar-refractivity contribution in [3.63, 3.8) is 0 Å². The molecular weight excluding hydrogens is 254 g/mol. The molecule has 0 saturated carbocycles. The lowest BCUT2D eigenvalue weighted by Crippen LogP contribution is -2.49. The summed E-state index contributed by atoms with van der Waals surface area (Å²) in [6, 6.07) is 2.62. The number of aryl methyl sites for hydroxylation is 1. The standard InChI is InChI=1S/C15H27N3S/c1-12(2)11-17-5-7-18(8-6-17)14(10-16)15-13(3)4-9-19-15/h4,9,12,14H,5-8,10-11,16H2,1-3H3. The highest BCUT2D eigenvalue weighted by atomic mass is 32.1. The second kappa shape index (κ2) is 6.84. The van der Waals surface area contributed by atoms with Crippen molar-refractivity contribution >= 4 is 11.3 Å². The fourth-order valence-corrected chi connectivity index (χ4v) is 4.00. The Bertz CT molecular complexity index is 380. The van der Waals surface area contributed by atoms with Crippen LogP contribution < -0.4 is 5.73 Å². The molecule has 3 nitrogen and oxygen atoms in total. The Labute approximate surface area is 121 Å². The average Bonchev–Trinajstić information content (AvgIpc) is 2.78. The van der Waals surface area contributed by atoms with Gasteiger partial charge < -0.3 is 10.6 Å². The number of rotatable bonds is 5. The summed E-state index contributed by atoms with van der Waals surface area (Å²) in [6.07, 6.45) is 0. The summed E-state index contributed by atoms with van der Waals surface area (Å²) in [6.45, 7) is 13.4. The van der Waals surface area contributed by atoms with Gasteiger partial charge in [0.05, 0.1) is 6.04 Å². The second-order valence-corrected chi connectivity index (χ2v) is 6.90. The largest absolute Gasteiger partial charge is 0.329 e. The molecule has 1 saturated heterocycles. The first-order valence-corrected chi connectivity index (χ1v) is 8.20. The van der Waals surface area contributed by atoms with Gasteiger partial charge in [-0.05, 0) is 29.9 Å². The summed E-state index contributed by atoms with van der Waals surface area (Å²) in [5.41, 5.74) is 7.42. The Balaban J connectivity index is 1.94. The van der Waals surface area contributed by atoms with Crippen LogP contribution in [0.5, 0.6) is 0 Å². The molecule has 0 aromatic carbocycles. The van der Waals surface area contributed by atoms with Crippen LogP contribution in [0.2, 0.25) is 0 Å². The summed E-state index contributed by atoms with van der Waals surface area (Å²) in [7, 11) is 0. The minimum absolute atomic E-state index is 0.418. The van der Waals surface area contributed by atoms with E-state index in [4.69, 9.17) is 5.73 Å². The van der Waals surface area contributed by atoms with E-state index in [1.165, 1.54) is 30.1 Å². The number of nitrogens with zero attached hydrogens (tertiary/aromatic N) is 2. The van der Waals surface area contributed by atoms with Gasteiger partial charge >= 0.3 is 0 Å². The van der Waals surface area contributed by atoms with E-state index in [1.807, 2.05) is 11.3 Å². The van der Waals surface area contributed by atoms with Crippen molar-refractivity contribution < 1.29 is 0 Å². The molecule has 1 atom stereocenters. The van der Waals surface area contributed by atoms with Crippen LogP contribution in [0.1, 0.15) is 30.3 Å². The van der Waals surface area contributed by atoms with Gasteiger partial charge in [0.25, 0.3) is 0 Å². The predicted octanol–water partition coefficient (Wildman–Crippen LogP) is 2.33. The van der Waals surface area contributed by atoms with Crippen LogP contribution in [0.4, 0.5) is 0 Å². The van der Waals surface area contributed by atoms with Crippen LogP contribution in [-0.2, 0) is 0 Å². The summed E-state index contributed by atoms with van der Waals surface area (Å²) in [5.74, 6) is 0.761. The topological polar surface area (TPSA) is 32.5 Å². The Morgan fingerprint density at radius 2 is 1.95 bits per heavy atom. The smallest absolute Gasteiger partial charge is 0.0567 e. The normalized spacial score (nSPS) is 20.1. The van der Waals surface area contributed by atoms with Crippen molar-refractivity contribution in [2.45, 2.75) is 26.8 Å². The molecule has 108 valence electrons. The summed E-state index contributed by atoms with van der Waals surface area (Å²) in [4.78, 5) is 6.60. The van der Waals surface area contributed by atoms with Gasteiger partial charge in [-0.15, -0.1) is 11.3 Å². The maximum absolute atomic E-state index is 6.03. The van der Waals surface area contributed by atoms with E-state index < -0.39 is 0 Å². The van der Waals surface area contributed by atoms with Crippen molar-refractivity contribution in [3.8, 4) is 0 Å². The van der Waals surface area contributed by atoms with E-state index in [2.05, 4.69) is 42.0 Å². The highest BCUT2D eigenvalue weighted by Gasteiger charge is 2.25. The molecule has 1 aromatic rings. The minimum atomic E-state index is 0.418. The predicted molar refractivity (Wildman–Crippen MR) is 83.7 cm³/mol. The Kier molecular flexibility index (Phi) is 5.39. The molecule has 0 aliphatic carbocycles. The highest BCUT2D eigenvalue weighted by Crippen LogP contribution is 2.28. The van der Waals surface area contributed by atoms with Crippen LogP contribution in [0.15, 0.2) is 11.4 Å². The molecule has 0 bridgehead atoms. The lowest BCUT2D eigenvalue weighted by atomic mass is 10.1. The highest BCUT2D eigenvalue weighted by molar-refractivity contribution is 7.10. The van der Waals surface area contributed by atoms with Crippen molar-refractivity contribution in [3.05, 3.63) is 21.9 Å². The van der Waals surface area contributed by atoms with Gasteiger partial charge in [0.15, 0.2) is 0 Å². The number of hydrogen-bond acceptors (Lipinski definition) is 4. The van der Waals surface area contributed by atoms with E-state index in [1.54, 1.807) is 0 Å². The molecular formula is C15H27N3S. The van der Waals surface area contributed by atoms with Crippen LogP contribution in [0, 0.1) is 12.8 Å². The van der Waals surface area contributed by atoms with Gasteiger partial charge in [0, 0.05) is 44.1 Å². The van der Waals surface area contributed by atoms with Crippen molar-refractivity contribution in [2.24, 2.45) is 11.7 Å². The first kappa shape index (κ1) is 15.0. The van der Waals surface area contributed by atoms with E-state index in [-0.39, 0.29) is 0 Å². The lowest BCUT2D eigenvalue weighted by molar-refractivity contribution is 0.0922. The Hall–Kier alpha value is -0.420. The maximum Gasteiger partial charge on any atom is 0.0567 e. The van der Waals surface area contributed by atoms with Crippen LogP contribution in [0.3, 0.4) is 0 Å². The van der Waals surface area contributed by atoms with Gasteiger partial charge in [-0.25, -0.2) is 0 Å². The van der Waals surface area contributed by atoms with Gasteiger partial charge in [0.1, 0.15) is 0 Å². The molecule has 1 aromatic heterocycles.